The normalized spacial score (nSPS) is 19.9. The molecule has 0 radical (unpaired) electrons. The second-order valence-electron chi connectivity index (χ2n) is 7.57. The van der Waals surface area contributed by atoms with E-state index >= 15 is 0 Å². The largest absolute Gasteiger partial charge is 0.355 e. The van der Waals surface area contributed by atoms with E-state index in [1.54, 1.807) is 0 Å². The zero-order chi connectivity index (χ0) is 18.9. The van der Waals surface area contributed by atoms with Gasteiger partial charge in [-0.15, -0.1) is 0 Å². The third-order valence-corrected chi connectivity index (χ3v) is 5.49. The van der Waals surface area contributed by atoms with Crippen LogP contribution >= 0.6 is 0 Å². The number of aliphatic imine (C=N–C) groups is 1. The van der Waals surface area contributed by atoms with Gasteiger partial charge in [0, 0.05) is 59.1 Å². The van der Waals surface area contributed by atoms with Crippen LogP contribution in [0.3, 0.4) is 0 Å². The van der Waals surface area contributed by atoms with Crippen molar-refractivity contribution in [1.29, 1.82) is 0 Å². The number of nitrogens with one attached hydrogen (secondary N) is 2. The minimum absolute atomic E-state index is 0.736. The number of anilines is 1. The lowest BCUT2D eigenvalue weighted by molar-refractivity contribution is 0.232. The van der Waals surface area contributed by atoms with Crippen LogP contribution in [0.5, 0.6) is 0 Å². The molecule has 2 N–H and O–H groups in total. The standard InChI is InChI=1S/C20H35N7/c1-21-20(22-8-11-26-9-4-3-5-10-26)24-17-18-6-7-19(23-16-18)27-14-12-25(2)13-15-27/h6-7,16H,3-5,8-15,17H2,1-2H3,(H2,21,22,24). The molecule has 3 rings (SSSR count). The van der Waals surface area contributed by atoms with Crippen LogP contribution in [0.1, 0.15) is 24.8 Å². The minimum Gasteiger partial charge on any atom is -0.355 e. The lowest BCUT2D eigenvalue weighted by atomic mass is 10.1. The molecule has 2 fully saturated rings. The monoisotopic (exact) mass is 373 g/mol. The number of piperidine rings is 1. The Kier molecular flexibility index (Phi) is 7.71. The summed E-state index contributed by atoms with van der Waals surface area (Å²) in [4.78, 5) is 16.2. The van der Waals surface area contributed by atoms with Gasteiger partial charge in [-0.3, -0.25) is 4.99 Å². The Labute approximate surface area is 163 Å². The number of likely N-dealkylation sites (tertiary alicyclic amines) is 1. The van der Waals surface area contributed by atoms with Crippen molar-refractivity contribution in [2.45, 2.75) is 25.8 Å². The number of nitrogens with zero attached hydrogens (tertiary/aromatic N) is 5. The fourth-order valence-corrected chi connectivity index (χ4v) is 3.67. The molecule has 0 saturated carbocycles. The van der Waals surface area contributed by atoms with Gasteiger partial charge in [0.1, 0.15) is 5.82 Å². The lowest BCUT2D eigenvalue weighted by Gasteiger charge is -2.33. The van der Waals surface area contributed by atoms with Gasteiger partial charge >= 0.3 is 0 Å². The van der Waals surface area contributed by atoms with Crippen molar-refractivity contribution in [3.63, 3.8) is 0 Å². The van der Waals surface area contributed by atoms with Crippen LogP contribution in [0.4, 0.5) is 5.82 Å². The summed E-state index contributed by atoms with van der Waals surface area (Å²) in [6.45, 7) is 9.53. The number of hydrogen-bond donors (Lipinski definition) is 2. The maximum absolute atomic E-state index is 4.65. The first-order chi connectivity index (χ1) is 13.2. The van der Waals surface area contributed by atoms with Crippen LogP contribution in [0, 0.1) is 0 Å². The quantitative estimate of drug-likeness (QED) is 0.573. The van der Waals surface area contributed by atoms with Gasteiger partial charge in [-0.05, 0) is 44.6 Å². The molecule has 0 spiro atoms. The van der Waals surface area contributed by atoms with Gasteiger partial charge in [0.25, 0.3) is 0 Å². The van der Waals surface area contributed by atoms with E-state index in [-0.39, 0.29) is 0 Å². The molecule has 27 heavy (non-hydrogen) atoms. The molecule has 2 aliphatic heterocycles. The molecule has 3 heterocycles. The highest BCUT2D eigenvalue weighted by molar-refractivity contribution is 5.79. The Morgan fingerprint density at radius 1 is 1.04 bits per heavy atom. The van der Waals surface area contributed by atoms with Crippen molar-refractivity contribution >= 4 is 11.8 Å². The second kappa shape index (κ2) is 10.5. The highest BCUT2D eigenvalue weighted by Crippen LogP contribution is 2.13. The Morgan fingerprint density at radius 2 is 1.81 bits per heavy atom. The Morgan fingerprint density at radius 3 is 2.48 bits per heavy atom. The summed E-state index contributed by atoms with van der Waals surface area (Å²) in [5.41, 5.74) is 1.17. The van der Waals surface area contributed by atoms with Crippen molar-refractivity contribution in [1.82, 2.24) is 25.4 Å². The molecule has 0 atom stereocenters. The average molecular weight is 374 g/mol. The van der Waals surface area contributed by atoms with Crippen molar-refractivity contribution in [2.75, 3.05) is 71.4 Å². The van der Waals surface area contributed by atoms with Crippen LogP contribution in [-0.4, -0.2) is 87.2 Å². The van der Waals surface area contributed by atoms with Gasteiger partial charge in [-0.2, -0.15) is 0 Å². The van der Waals surface area contributed by atoms with E-state index in [0.29, 0.717) is 0 Å². The fraction of sp³-hybridized carbons (Fsp3) is 0.700. The van der Waals surface area contributed by atoms with E-state index < -0.39 is 0 Å². The number of aromatic nitrogens is 1. The summed E-state index contributed by atoms with van der Waals surface area (Å²) in [7, 11) is 4.00. The van der Waals surface area contributed by atoms with Crippen molar-refractivity contribution in [2.24, 2.45) is 4.99 Å². The molecule has 1 aromatic heterocycles. The zero-order valence-corrected chi connectivity index (χ0v) is 17.0. The van der Waals surface area contributed by atoms with E-state index in [1.165, 1.54) is 37.9 Å². The van der Waals surface area contributed by atoms with Crippen molar-refractivity contribution in [3.8, 4) is 0 Å². The maximum atomic E-state index is 4.65. The summed E-state index contributed by atoms with van der Waals surface area (Å²) in [6, 6.07) is 4.30. The summed E-state index contributed by atoms with van der Waals surface area (Å²) in [5.74, 6) is 1.94. The third kappa shape index (κ3) is 6.36. The number of likely N-dealkylation sites (N-methyl/N-ethyl adjacent to an activating group) is 1. The maximum Gasteiger partial charge on any atom is 0.191 e. The molecular weight excluding hydrogens is 338 g/mol. The number of hydrogen-bond acceptors (Lipinski definition) is 5. The molecule has 0 aliphatic carbocycles. The summed E-state index contributed by atoms with van der Waals surface area (Å²) in [5, 5.41) is 6.81. The fourth-order valence-electron chi connectivity index (χ4n) is 3.67. The highest BCUT2D eigenvalue weighted by Gasteiger charge is 2.15. The van der Waals surface area contributed by atoms with Gasteiger partial charge in [0.15, 0.2) is 5.96 Å². The van der Waals surface area contributed by atoms with Gasteiger partial charge in [0.2, 0.25) is 0 Å². The van der Waals surface area contributed by atoms with E-state index in [2.05, 4.69) is 54.5 Å². The first-order valence-corrected chi connectivity index (χ1v) is 10.3. The van der Waals surface area contributed by atoms with E-state index in [9.17, 15) is 0 Å². The minimum atomic E-state index is 0.736. The van der Waals surface area contributed by atoms with Crippen LogP contribution in [0.25, 0.3) is 0 Å². The molecule has 7 nitrogen and oxygen atoms in total. The molecule has 0 bridgehead atoms. The van der Waals surface area contributed by atoms with Crippen LogP contribution in [0.2, 0.25) is 0 Å². The Bertz CT molecular complexity index is 572. The molecule has 2 aliphatic rings. The van der Waals surface area contributed by atoms with Crippen LogP contribution in [0.15, 0.2) is 23.3 Å². The average Bonchev–Trinajstić information content (AvgIpc) is 2.72. The number of piperazine rings is 1. The Balaban J connectivity index is 1.38. The van der Waals surface area contributed by atoms with Gasteiger partial charge < -0.3 is 25.3 Å². The third-order valence-electron chi connectivity index (χ3n) is 5.49. The number of pyridine rings is 1. The van der Waals surface area contributed by atoms with Crippen LogP contribution in [-0.2, 0) is 6.54 Å². The Hall–Kier alpha value is -1.86. The first kappa shape index (κ1) is 19.9. The van der Waals surface area contributed by atoms with Gasteiger partial charge in [-0.1, -0.05) is 12.5 Å². The predicted octanol–water partition coefficient (Wildman–Crippen LogP) is 0.984. The second-order valence-corrected chi connectivity index (χ2v) is 7.57. The van der Waals surface area contributed by atoms with Crippen LogP contribution < -0.4 is 15.5 Å². The topological polar surface area (TPSA) is 59.0 Å². The molecule has 1 aromatic rings. The van der Waals surface area contributed by atoms with Gasteiger partial charge in [0.05, 0.1) is 0 Å². The molecule has 2 saturated heterocycles. The number of rotatable bonds is 6. The van der Waals surface area contributed by atoms with Crippen molar-refractivity contribution in [3.05, 3.63) is 23.9 Å². The summed E-state index contributed by atoms with van der Waals surface area (Å²) in [6.07, 6.45) is 6.03. The van der Waals surface area contributed by atoms with E-state index in [1.807, 2.05) is 13.2 Å². The highest BCUT2D eigenvalue weighted by atomic mass is 15.3. The summed E-state index contributed by atoms with van der Waals surface area (Å²) < 4.78 is 0. The van der Waals surface area contributed by atoms with E-state index in [0.717, 1.165) is 57.6 Å². The molecule has 150 valence electrons. The molecular formula is C20H35N7. The predicted molar refractivity (Wildman–Crippen MR) is 112 cm³/mol. The lowest BCUT2D eigenvalue weighted by Crippen LogP contribution is -2.44. The number of guanidine groups is 1. The van der Waals surface area contributed by atoms with E-state index in [4.69, 9.17) is 0 Å². The summed E-state index contributed by atoms with van der Waals surface area (Å²) >= 11 is 0. The molecule has 7 heteroatoms. The zero-order valence-electron chi connectivity index (χ0n) is 17.0. The molecule has 0 aromatic carbocycles. The smallest absolute Gasteiger partial charge is 0.191 e. The first-order valence-electron chi connectivity index (χ1n) is 10.3. The molecule has 0 amide bonds. The van der Waals surface area contributed by atoms with Gasteiger partial charge in [-0.25, -0.2) is 4.98 Å². The SMILES string of the molecule is CN=C(NCCN1CCCCC1)NCc1ccc(N2CCN(C)CC2)nc1. The molecule has 0 unspecified atom stereocenters. The van der Waals surface area contributed by atoms with Crippen molar-refractivity contribution < 1.29 is 0 Å².